The van der Waals surface area contributed by atoms with Crippen molar-refractivity contribution in [3.8, 4) is 5.75 Å². The molecule has 1 saturated heterocycles. The first-order chi connectivity index (χ1) is 14.3. The molecule has 3 rings (SSSR count). The van der Waals surface area contributed by atoms with E-state index >= 15 is 0 Å². The van der Waals surface area contributed by atoms with Crippen LogP contribution in [0.3, 0.4) is 0 Å². The molecule has 2 aromatic rings. The predicted molar refractivity (Wildman–Crippen MR) is 104 cm³/mol. The lowest BCUT2D eigenvalue weighted by atomic mass is 10.1. The van der Waals surface area contributed by atoms with Gasteiger partial charge in [0.1, 0.15) is 17.4 Å². The van der Waals surface area contributed by atoms with Crippen LogP contribution in [0.5, 0.6) is 5.75 Å². The lowest BCUT2D eigenvalue weighted by Gasteiger charge is -2.20. The molecule has 1 aliphatic heterocycles. The molecule has 0 radical (unpaired) electrons. The molecule has 7 nitrogen and oxygen atoms in total. The van der Waals surface area contributed by atoms with Crippen LogP contribution in [-0.4, -0.2) is 37.5 Å². The highest BCUT2D eigenvalue weighted by molar-refractivity contribution is 6.01. The van der Waals surface area contributed by atoms with Crippen molar-refractivity contribution < 1.29 is 32.6 Å². The Balaban J connectivity index is 1.62. The summed E-state index contributed by atoms with van der Waals surface area (Å²) in [5, 5.41) is 2.18. The molecule has 2 amide bonds. The summed E-state index contributed by atoms with van der Waals surface area (Å²) in [4.78, 5) is 38.5. The van der Waals surface area contributed by atoms with Crippen LogP contribution >= 0.6 is 0 Å². The van der Waals surface area contributed by atoms with Gasteiger partial charge in [0, 0.05) is 19.0 Å². The van der Waals surface area contributed by atoms with Gasteiger partial charge in [0.2, 0.25) is 5.91 Å². The Hall–Kier alpha value is -3.49. The summed E-state index contributed by atoms with van der Waals surface area (Å²) in [6, 6.07) is 9.52. The molecule has 1 N–H and O–H groups in total. The van der Waals surface area contributed by atoms with Gasteiger partial charge in [-0.25, -0.2) is 8.78 Å². The number of carbonyl (C=O) groups is 3. The van der Waals surface area contributed by atoms with Crippen LogP contribution in [0.1, 0.15) is 13.3 Å². The van der Waals surface area contributed by atoms with E-state index < -0.39 is 35.5 Å². The minimum Gasteiger partial charge on any atom is -0.495 e. The highest BCUT2D eigenvalue weighted by Crippen LogP contribution is 2.33. The van der Waals surface area contributed by atoms with Crippen molar-refractivity contribution >= 4 is 29.2 Å². The fourth-order valence-corrected chi connectivity index (χ4v) is 3.10. The topological polar surface area (TPSA) is 84.9 Å². The molecule has 0 spiro atoms. The Morgan fingerprint density at radius 1 is 1.20 bits per heavy atom. The van der Waals surface area contributed by atoms with E-state index in [4.69, 9.17) is 9.47 Å². The summed E-state index contributed by atoms with van der Waals surface area (Å²) in [5.41, 5.74) is 0.175. The van der Waals surface area contributed by atoms with Gasteiger partial charge in [-0.2, -0.15) is 0 Å². The maximum atomic E-state index is 13.7. The Morgan fingerprint density at radius 2 is 1.93 bits per heavy atom. The third-order valence-corrected chi connectivity index (χ3v) is 4.68. The molecule has 0 aliphatic carbocycles. The summed E-state index contributed by atoms with van der Waals surface area (Å²) in [6.45, 7) is 1.38. The lowest BCUT2D eigenvalue weighted by Crippen LogP contribution is -2.33. The number of nitrogens with one attached hydrogen (secondary N) is 1. The number of carbonyl (C=O) groups excluding carboxylic acids is 3. The number of para-hydroxylation sites is 2. The first-order valence-electron chi connectivity index (χ1n) is 9.20. The van der Waals surface area contributed by atoms with Gasteiger partial charge >= 0.3 is 5.97 Å². The number of amides is 2. The monoisotopic (exact) mass is 418 g/mol. The number of hydrogen-bond donors (Lipinski definition) is 1. The summed E-state index contributed by atoms with van der Waals surface area (Å²) < 4.78 is 37.3. The zero-order valence-electron chi connectivity index (χ0n) is 16.4. The Bertz CT molecular complexity index is 982. The van der Waals surface area contributed by atoms with E-state index in [1.165, 1.54) is 18.9 Å². The molecule has 0 bridgehead atoms. The molecule has 2 atom stereocenters. The van der Waals surface area contributed by atoms with Crippen LogP contribution in [-0.2, 0) is 19.1 Å². The van der Waals surface area contributed by atoms with E-state index in [9.17, 15) is 23.2 Å². The molecule has 0 saturated carbocycles. The molecule has 1 fully saturated rings. The highest BCUT2D eigenvalue weighted by atomic mass is 19.1. The summed E-state index contributed by atoms with van der Waals surface area (Å²) in [7, 11) is 1.48. The van der Waals surface area contributed by atoms with Crippen LogP contribution in [0.2, 0.25) is 0 Å². The van der Waals surface area contributed by atoms with Crippen LogP contribution in [0, 0.1) is 17.6 Å². The molecular formula is C21H20F2N2O5. The molecule has 30 heavy (non-hydrogen) atoms. The SMILES string of the molecule is COc1ccccc1N1C[C@@H](C(=O)O[C@H](C)C(=O)Nc2cc(F)ccc2F)CC1=O. The van der Waals surface area contributed by atoms with Gasteiger partial charge < -0.3 is 19.7 Å². The number of methoxy groups -OCH3 is 1. The number of ether oxygens (including phenoxy) is 2. The number of anilines is 2. The van der Waals surface area contributed by atoms with Crippen molar-refractivity contribution in [1.82, 2.24) is 0 Å². The lowest BCUT2D eigenvalue weighted by molar-refractivity contribution is -0.157. The van der Waals surface area contributed by atoms with Gasteiger partial charge in [-0.3, -0.25) is 14.4 Å². The summed E-state index contributed by atoms with van der Waals surface area (Å²) in [6.07, 6.45) is -1.35. The molecule has 158 valence electrons. The second kappa shape index (κ2) is 8.89. The zero-order valence-corrected chi connectivity index (χ0v) is 16.4. The van der Waals surface area contributed by atoms with Crippen LogP contribution < -0.4 is 15.0 Å². The van der Waals surface area contributed by atoms with E-state index in [0.29, 0.717) is 11.4 Å². The Kier molecular flexibility index (Phi) is 6.29. The second-order valence-electron chi connectivity index (χ2n) is 6.77. The molecule has 1 heterocycles. The van der Waals surface area contributed by atoms with Crippen LogP contribution in [0.25, 0.3) is 0 Å². The number of hydrogen-bond acceptors (Lipinski definition) is 5. The van der Waals surface area contributed by atoms with Crippen molar-refractivity contribution in [2.45, 2.75) is 19.4 Å². The fourth-order valence-electron chi connectivity index (χ4n) is 3.10. The first-order valence-corrected chi connectivity index (χ1v) is 9.20. The van der Waals surface area contributed by atoms with Crippen molar-refractivity contribution in [3.63, 3.8) is 0 Å². The maximum Gasteiger partial charge on any atom is 0.312 e. The summed E-state index contributed by atoms with van der Waals surface area (Å²) in [5.74, 6) is -3.66. The van der Waals surface area contributed by atoms with E-state index in [1.54, 1.807) is 24.3 Å². The maximum absolute atomic E-state index is 13.7. The molecule has 0 aromatic heterocycles. The van der Waals surface area contributed by atoms with Crippen molar-refractivity contribution in [3.05, 3.63) is 54.1 Å². The van der Waals surface area contributed by atoms with Gasteiger partial charge in [0.05, 0.1) is 24.4 Å². The predicted octanol–water partition coefficient (Wildman–Crippen LogP) is 2.90. The average Bonchev–Trinajstić information content (AvgIpc) is 3.12. The number of benzene rings is 2. The van der Waals surface area contributed by atoms with Gasteiger partial charge in [0.15, 0.2) is 6.10 Å². The van der Waals surface area contributed by atoms with Crippen LogP contribution in [0.15, 0.2) is 42.5 Å². The number of nitrogens with zero attached hydrogens (tertiary/aromatic N) is 1. The molecule has 9 heteroatoms. The average molecular weight is 418 g/mol. The number of esters is 1. The van der Waals surface area contributed by atoms with E-state index in [-0.39, 0.29) is 24.6 Å². The second-order valence-corrected chi connectivity index (χ2v) is 6.77. The fraction of sp³-hybridized carbons (Fsp3) is 0.286. The molecule has 0 unspecified atom stereocenters. The standard InChI is InChI=1S/C21H20F2N2O5/c1-12(20(27)24-16-10-14(22)7-8-15(16)23)30-21(28)13-9-19(26)25(11-13)17-5-3-4-6-18(17)29-2/h3-8,10,12-13H,9,11H2,1-2H3,(H,24,27)/t12-,13+/m1/s1. The van der Waals surface area contributed by atoms with Gasteiger partial charge in [-0.1, -0.05) is 12.1 Å². The quantitative estimate of drug-likeness (QED) is 0.730. The molecular weight excluding hydrogens is 398 g/mol. The van der Waals surface area contributed by atoms with E-state index in [0.717, 1.165) is 18.2 Å². The summed E-state index contributed by atoms with van der Waals surface area (Å²) >= 11 is 0. The smallest absolute Gasteiger partial charge is 0.312 e. The largest absolute Gasteiger partial charge is 0.495 e. The minimum absolute atomic E-state index is 0.0743. The van der Waals surface area contributed by atoms with Crippen molar-refractivity contribution in [1.29, 1.82) is 0 Å². The van der Waals surface area contributed by atoms with Crippen LogP contribution in [0.4, 0.5) is 20.2 Å². The van der Waals surface area contributed by atoms with Crippen molar-refractivity contribution in [2.75, 3.05) is 23.9 Å². The number of halogens is 2. The Labute approximate surface area is 171 Å². The molecule has 1 aliphatic rings. The van der Waals surface area contributed by atoms with Gasteiger partial charge in [-0.15, -0.1) is 0 Å². The third kappa shape index (κ3) is 4.56. The van der Waals surface area contributed by atoms with Crippen molar-refractivity contribution in [2.24, 2.45) is 5.92 Å². The Morgan fingerprint density at radius 3 is 2.67 bits per heavy atom. The van der Waals surface area contributed by atoms with E-state index in [2.05, 4.69) is 5.32 Å². The minimum atomic E-state index is -1.27. The highest BCUT2D eigenvalue weighted by Gasteiger charge is 2.38. The van der Waals surface area contributed by atoms with Gasteiger partial charge in [0.25, 0.3) is 5.91 Å². The molecule has 2 aromatic carbocycles. The zero-order chi connectivity index (χ0) is 21.8. The third-order valence-electron chi connectivity index (χ3n) is 4.68. The van der Waals surface area contributed by atoms with Gasteiger partial charge in [-0.05, 0) is 31.2 Å². The normalized spacial score (nSPS) is 16.9. The first kappa shape index (κ1) is 21.2. The van der Waals surface area contributed by atoms with E-state index in [1.807, 2.05) is 0 Å². The number of rotatable bonds is 6.